The molecule has 0 fully saturated rings. The van der Waals surface area contributed by atoms with E-state index in [1.807, 2.05) is 31.4 Å². The molecule has 0 bridgehead atoms. The van der Waals surface area contributed by atoms with Gasteiger partial charge in [0.2, 0.25) is 0 Å². The zero-order chi connectivity index (χ0) is 14.1. The van der Waals surface area contributed by atoms with E-state index in [9.17, 15) is 0 Å². The molecule has 2 N–H and O–H groups in total. The van der Waals surface area contributed by atoms with Crippen molar-refractivity contribution in [1.29, 1.82) is 0 Å². The Bertz CT molecular complexity index is 747. The summed E-state index contributed by atoms with van der Waals surface area (Å²) in [5.74, 6) is 0.865. The number of benzene rings is 1. The molecule has 3 rings (SSSR count). The van der Waals surface area contributed by atoms with Gasteiger partial charge in [-0.2, -0.15) is 0 Å². The number of hydrogen-bond donors (Lipinski definition) is 1. The normalized spacial score (nSPS) is 10.9. The second-order valence-corrected chi connectivity index (χ2v) is 4.83. The summed E-state index contributed by atoms with van der Waals surface area (Å²) >= 11 is 0. The molecule has 0 spiro atoms. The summed E-state index contributed by atoms with van der Waals surface area (Å²) in [7, 11) is 2.00. The number of nitrogens with zero attached hydrogens (tertiary/aromatic N) is 4. The van der Waals surface area contributed by atoms with Gasteiger partial charge in [-0.05, 0) is 36.8 Å². The quantitative estimate of drug-likeness (QED) is 0.790. The first kappa shape index (κ1) is 12.6. The van der Waals surface area contributed by atoms with Crippen LogP contribution in [-0.2, 0) is 6.54 Å². The van der Waals surface area contributed by atoms with E-state index in [1.54, 1.807) is 4.52 Å². The largest absolute Gasteiger partial charge is 0.328 e. The number of imidazole rings is 1. The summed E-state index contributed by atoms with van der Waals surface area (Å²) in [6.45, 7) is 2.50. The highest BCUT2D eigenvalue weighted by atomic mass is 15.3. The zero-order valence-corrected chi connectivity index (χ0v) is 11.6. The summed E-state index contributed by atoms with van der Waals surface area (Å²) in [6.07, 6.45) is 1.86. The zero-order valence-electron chi connectivity index (χ0n) is 11.6. The fourth-order valence-corrected chi connectivity index (χ4v) is 2.17. The van der Waals surface area contributed by atoms with Crippen molar-refractivity contribution in [3.8, 4) is 0 Å². The Morgan fingerprint density at radius 2 is 2.10 bits per heavy atom. The van der Waals surface area contributed by atoms with Crippen LogP contribution in [0, 0.1) is 6.92 Å². The first-order chi connectivity index (χ1) is 9.67. The summed E-state index contributed by atoms with van der Waals surface area (Å²) in [5.41, 5.74) is 9.59. The Morgan fingerprint density at radius 3 is 2.85 bits per heavy atom. The summed E-state index contributed by atoms with van der Waals surface area (Å²) in [5, 5.41) is 4.57. The number of anilines is 2. The highest BCUT2D eigenvalue weighted by Gasteiger charge is 2.08. The van der Waals surface area contributed by atoms with Gasteiger partial charge in [0.05, 0.1) is 11.9 Å². The van der Waals surface area contributed by atoms with E-state index in [0.717, 1.165) is 22.8 Å². The van der Waals surface area contributed by atoms with Crippen LogP contribution >= 0.6 is 0 Å². The molecule has 0 aliphatic rings. The van der Waals surface area contributed by atoms with Crippen molar-refractivity contribution < 1.29 is 0 Å². The summed E-state index contributed by atoms with van der Waals surface area (Å²) < 4.78 is 1.77. The number of aryl methyl sites for hydroxylation is 1. The third-order valence-corrected chi connectivity index (χ3v) is 3.30. The number of aromatic nitrogens is 3. The Morgan fingerprint density at radius 1 is 1.25 bits per heavy atom. The molecule has 3 aromatic rings. The molecule has 2 heterocycles. The molecule has 0 unspecified atom stereocenters. The van der Waals surface area contributed by atoms with Crippen molar-refractivity contribution in [2.45, 2.75) is 13.5 Å². The maximum Gasteiger partial charge on any atom is 0.153 e. The van der Waals surface area contributed by atoms with E-state index < -0.39 is 0 Å². The average molecular weight is 267 g/mol. The number of hydrogen-bond acceptors (Lipinski definition) is 4. The predicted molar refractivity (Wildman–Crippen MR) is 80.1 cm³/mol. The minimum Gasteiger partial charge on any atom is -0.328 e. The molecule has 0 aliphatic carbocycles. The molecule has 5 nitrogen and oxygen atoms in total. The summed E-state index contributed by atoms with van der Waals surface area (Å²) in [4.78, 5) is 6.43. The van der Waals surface area contributed by atoms with Gasteiger partial charge < -0.3 is 10.6 Å². The van der Waals surface area contributed by atoms with Crippen LogP contribution < -0.4 is 10.6 Å². The molecule has 0 saturated carbocycles. The second-order valence-electron chi connectivity index (χ2n) is 4.83. The van der Waals surface area contributed by atoms with Crippen LogP contribution in [0.25, 0.3) is 5.65 Å². The minimum absolute atomic E-state index is 0.423. The van der Waals surface area contributed by atoms with E-state index in [0.29, 0.717) is 6.54 Å². The predicted octanol–water partition coefficient (Wildman–Crippen LogP) is 2.26. The average Bonchev–Trinajstić information content (AvgIpc) is 2.88. The van der Waals surface area contributed by atoms with Crippen molar-refractivity contribution in [3.63, 3.8) is 0 Å². The van der Waals surface area contributed by atoms with E-state index >= 15 is 0 Å². The van der Waals surface area contributed by atoms with Crippen molar-refractivity contribution in [2.24, 2.45) is 5.73 Å². The van der Waals surface area contributed by atoms with Gasteiger partial charge in [0.1, 0.15) is 0 Å². The van der Waals surface area contributed by atoms with Gasteiger partial charge in [-0.3, -0.25) is 0 Å². The Labute approximate surface area is 117 Å². The van der Waals surface area contributed by atoms with Gasteiger partial charge in [-0.25, -0.2) is 9.50 Å². The van der Waals surface area contributed by atoms with Crippen LogP contribution in [0.4, 0.5) is 11.5 Å². The third-order valence-electron chi connectivity index (χ3n) is 3.30. The topological polar surface area (TPSA) is 59.5 Å². The lowest BCUT2D eigenvalue weighted by Crippen LogP contribution is -2.12. The first-order valence-electron chi connectivity index (χ1n) is 6.53. The van der Waals surface area contributed by atoms with Crippen LogP contribution in [-0.4, -0.2) is 21.6 Å². The molecule has 0 atom stereocenters. The van der Waals surface area contributed by atoms with E-state index in [4.69, 9.17) is 5.73 Å². The second kappa shape index (κ2) is 4.94. The first-order valence-corrected chi connectivity index (χ1v) is 6.53. The molecule has 5 heteroatoms. The molecule has 20 heavy (non-hydrogen) atoms. The van der Waals surface area contributed by atoms with Crippen molar-refractivity contribution in [2.75, 3.05) is 11.9 Å². The van der Waals surface area contributed by atoms with Crippen LogP contribution in [0.5, 0.6) is 0 Å². The molecule has 1 aromatic carbocycles. The monoisotopic (exact) mass is 267 g/mol. The van der Waals surface area contributed by atoms with Crippen molar-refractivity contribution >= 4 is 17.2 Å². The molecule has 2 aromatic heterocycles. The van der Waals surface area contributed by atoms with Gasteiger partial charge in [-0.15, -0.1) is 5.10 Å². The lowest BCUT2D eigenvalue weighted by molar-refractivity contribution is 0.909. The fraction of sp³-hybridized carbons (Fsp3) is 0.200. The van der Waals surface area contributed by atoms with Crippen molar-refractivity contribution in [3.05, 3.63) is 53.9 Å². The summed E-state index contributed by atoms with van der Waals surface area (Å²) in [6, 6.07) is 12.2. The molecule has 0 radical (unpaired) electrons. The van der Waals surface area contributed by atoms with Gasteiger partial charge in [-0.1, -0.05) is 12.1 Å². The highest BCUT2D eigenvalue weighted by molar-refractivity contribution is 5.60. The van der Waals surface area contributed by atoms with Crippen LogP contribution in [0.1, 0.15) is 11.3 Å². The van der Waals surface area contributed by atoms with Gasteiger partial charge in [0.25, 0.3) is 0 Å². The lowest BCUT2D eigenvalue weighted by Gasteiger charge is -2.18. The number of rotatable bonds is 3. The maximum absolute atomic E-state index is 5.61. The Kier molecular flexibility index (Phi) is 3.12. The van der Waals surface area contributed by atoms with Gasteiger partial charge >= 0.3 is 0 Å². The fourth-order valence-electron chi connectivity index (χ4n) is 2.17. The van der Waals surface area contributed by atoms with E-state index in [-0.39, 0.29) is 0 Å². The standard InChI is InChI=1S/C15H17N5/c1-11-4-3-5-13(8-11)19(2)15-7-6-14-17-12(9-16)10-20(14)18-15/h3-8,10H,9,16H2,1-2H3. The van der Waals surface area contributed by atoms with Crippen LogP contribution in [0.15, 0.2) is 42.6 Å². The molecule has 102 valence electrons. The molecule has 0 amide bonds. The smallest absolute Gasteiger partial charge is 0.153 e. The third kappa shape index (κ3) is 2.23. The molecular formula is C15H17N5. The van der Waals surface area contributed by atoms with Crippen molar-refractivity contribution in [1.82, 2.24) is 14.6 Å². The number of fused-ring (bicyclic) bond motifs is 1. The number of nitrogens with two attached hydrogens (primary N) is 1. The van der Waals surface area contributed by atoms with Gasteiger partial charge in [0, 0.05) is 19.3 Å². The Hall–Kier alpha value is -2.40. The molecular weight excluding hydrogens is 250 g/mol. The maximum atomic E-state index is 5.61. The molecule has 0 saturated heterocycles. The van der Waals surface area contributed by atoms with E-state index in [1.165, 1.54) is 5.56 Å². The van der Waals surface area contributed by atoms with Crippen LogP contribution in [0.2, 0.25) is 0 Å². The van der Waals surface area contributed by atoms with E-state index in [2.05, 4.69) is 40.1 Å². The molecule has 0 aliphatic heterocycles. The Balaban J connectivity index is 2.00. The van der Waals surface area contributed by atoms with Crippen LogP contribution in [0.3, 0.4) is 0 Å². The highest BCUT2D eigenvalue weighted by Crippen LogP contribution is 2.22. The minimum atomic E-state index is 0.423. The SMILES string of the molecule is Cc1cccc(N(C)c2ccc3nc(CN)cn3n2)c1. The lowest BCUT2D eigenvalue weighted by atomic mass is 10.2. The van der Waals surface area contributed by atoms with Gasteiger partial charge in [0.15, 0.2) is 11.5 Å².